The molecule has 29 heavy (non-hydrogen) atoms. The Hall–Kier alpha value is -3.22. The maximum Gasteiger partial charge on any atom is 0.274 e. The number of carbonyl (C=O) groups excluding carboxylic acids is 1. The first-order valence-electron chi connectivity index (χ1n) is 9.92. The first kappa shape index (κ1) is 20.5. The number of carbonyl (C=O) groups is 1. The van der Waals surface area contributed by atoms with Gasteiger partial charge in [0.05, 0.1) is 11.4 Å². The molecule has 0 aliphatic carbocycles. The topological polar surface area (TPSA) is 75.9 Å². The van der Waals surface area contributed by atoms with Crippen molar-refractivity contribution in [3.63, 3.8) is 0 Å². The highest BCUT2D eigenvalue weighted by Gasteiger charge is 2.17. The summed E-state index contributed by atoms with van der Waals surface area (Å²) in [5.74, 6) is 0.698. The lowest BCUT2D eigenvalue weighted by atomic mass is 10.1. The predicted molar refractivity (Wildman–Crippen MR) is 115 cm³/mol. The van der Waals surface area contributed by atoms with Gasteiger partial charge in [-0.05, 0) is 57.9 Å². The molecule has 0 saturated heterocycles. The number of rotatable bonds is 7. The first-order chi connectivity index (χ1) is 13.9. The molecule has 3 rings (SSSR count). The summed E-state index contributed by atoms with van der Waals surface area (Å²) < 4.78 is 0. The smallest absolute Gasteiger partial charge is 0.274 e. The summed E-state index contributed by atoms with van der Waals surface area (Å²) in [6, 6.07) is 10.0. The Balaban J connectivity index is 1.69. The van der Waals surface area contributed by atoms with Crippen LogP contribution in [0.5, 0.6) is 0 Å². The predicted octanol–water partition coefficient (Wildman–Crippen LogP) is 3.36. The molecule has 1 N–H and O–H groups in total. The number of amides is 1. The highest BCUT2D eigenvalue weighted by Crippen LogP contribution is 2.15. The largest absolute Gasteiger partial charge is 0.357 e. The van der Waals surface area contributed by atoms with Crippen LogP contribution in [0, 0.1) is 20.8 Å². The molecule has 1 aromatic carbocycles. The van der Waals surface area contributed by atoms with Crippen LogP contribution >= 0.6 is 0 Å². The van der Waals surface area contributed by atoms with Crippen LogP contribution < -0.4 is 10.2 Å². The van der Waals surface area contributed by atoms with Crippen molar-refractivity contribution in [3.8, 4) is 5.69 Å². The highest BCUT2D eigenvalue weighted by atomic mass is 16.2. The lowest BCUT2D eigenvalue weighted by molar-refractivity contribution is 0.0945. The van der Waals surface area contributed by atoms with Crippen LogP contribution in [0.2, 0.25) is 0 Å². The molecule has 1 amide bonds. The van der Waals surface area contributed by atoms with E-state index in [1.54, 1.807) is 13.1 Å². The number of hydrogen-bond donors (Lipinski definition) is 1. The average Bonchev–Trinajstić information content (AvgIpc) is 3.09. The summed E-state index contributed by atoms with van der Waals surface area (Å²) in [4.78, 5) is 20.8. The fourth-order valence-electron chi connectivity index (χ4n) is 3.25. The number of anilines is 1. The molecule has 0 atom stereocenters. The van der Waals surface area contributed by atoms with Crippen LogP contribution in [-0.4, -0.2) is 39.0 Å². The van der Waals surface area contributed by atoms with Gasteiger partial charge in [-0.25, -0.2) is 4.98 Å². The number of benzene rings is 1. The summed E-state index contributed by atoms with van der Waals surface area (Å²) in [6.45, 7) is 12.3. The number of nitrogens with one attached hydrogen (secondary N) is 1. The van der Waals surface area contributed by atoms with Gasteiger partial charge in [0.25, 0.3) is 5.91 Å². The van der Waals surface area contributed by atoms with Crippen LogP contribution in [0.1, 0.15) is 46.7 Å². The van der Waals surface area contributed by atoms with Gasteiger partial charge in [0.1, 0.15) is 5.82 Å². The number of aromatic nitrogens is 4. The minimum atomic E-state index is -0.244. The van der Waals surface area contributed by atoms with Gasteiger partial charge in [-0.2, -0.15) is 9.90 Å². The Labute approximate surface area is 171 Å². The standard InChI is InChI=1S/C22H28N6O/c1-6-27(7-2)20-11-9-18(13-23-20)14-24-22(29)21-17(5)25-28(26-21)19-10-8-15(3)12-16(19)4/h8-13H,6-7,14H2,1-5H3,(H,24,29). The number of nitrogens with zero attached hydrogens (tertiary/aromatic N) is 5. The third kappa shape index (κ3) is 4.62. The molecule has 0 aliphatic heterocycles. The van der Waals surface area contributed by atoms with Crippen LogP contribution in [0.3, 0.4) is 0 Å². The zero-order chi connectivity index (χ0) is 21.0. The molecular weight excluding hydrogens is 364 g/mol. The van der Waals surface area contributed by atoms with E-state index in [9.17, 15) is 4.79 Å². The van der Waals surface area contributed by atoms with Crippen molar-refractivity contribution in [1.29, 1.82) is 0 Å². The van der Waals surface area contributed by atoms with Crippen molar-refractivity contribution in [3.05, 3.63) is 64.6 Å². The van der Waals surface area contributed by atoms with E-state index in [2.05, 4.69) is 45.3 Å². The van der Waals surface area contributed by atoms with Gasteiger partial charge in [-0.15, -0.1) is 5.10 Å². The Morgan fingerprint density at radius 1 is 1.07 bits per heavy atom. The molecule has 0 fully saturated rings. The Morgan fingerprint density at radius 3 is 2.45 bits per heavy atom. The van der Waals surface area contributed by atoms with Gasteiger partial charge in [-0.1, -0.05) is 23.8 Å². The third-order valence-electron chi connectivity index (χ3n) is 4.91. The molecule has 2 aromatic heterocycles. The minimum Gasteiger partial charge on any atom is -0.357 e. The van der Waals surface area contributed by atoms with E-state index in [-0.39, 0.29) is 5.91 Å². The molecule has 7 nitrogen and oxygen atoms in total. The van der Waals surface area contributed by atoms with E-state index in [1.165, 1.54) is 10.4 Å². The van der Waals surface area contributed by atoms with E-state index in [4.69, 9.17) is 0 Å². The summed E-state index contributed by atoms with van der Waals surface area (Å²) in [6.07, 6.45) is 1.80. The Morgan fingerprint density at radius 2 is 1.83 bits per heavy atom. The number of aryl methyl sites for hydroxylation is 3. The van der Waals surface area contributed by atoms with Gasteiger partial charge >= 0.3 is 0 Å². The molecule has 3 aromatic rings. The molecule has 0 saturated carbocycles. The molecule has 0 aliphatic rings. The maximum absolute atomic E-state index is 12.6. The average molecular weight is 393 g/mol. The quantitative estimate of drug-likeness (QED) is 0.667. The van der Waals surface area contributed by atoms with E-state index < -0.39 is 0 Å². The van der Waals surface area contributed by atoms with Gasteiger partial charge in [0.15, 0.2) is 5.69 Å². The summed E-state index contributed by atoms with van der Waals surface area (Å²) >= 11 is 0. The van der Waals surface area contributed by atoms with Gasteiger partial charge in [0.2, 0.25) is 0 Å². The van der Waals surface area contributed by atoms with Crippen molar-refractivity contribution in [2.45, 2.75) is 41.2 Å². The van der Waals surface area contributed by atoms with Gasteiger partial charge in [-0.3, -0.25) is 4.79 Å². The van der Waals surface area contributed by atoms with Gasteiger partial charge in [0, 0.05) is 25.8 Å². The molecular formula is C22H28N6O. The Bertz CT molecular complexity index is 989. The van der Waals surface area contributed by atoms with Gasteiger partial charge < -0.3 is 10.2 Å². The van der Waals surface area contributed by atoms with Crippen LogP contribution in [-0.2, 0) is 6.54 Å². The zero-order valence-corrected chi connectivity index (χ0v) is 17.7. The third-order valence-corrected chi connectivity index (χ3v) is 4.91. The maximum atomic E-state index is 12.6. The molecule has 0 spiro atoms. The van der Waals surface area contributed by atoms with E-state index >= 15 is 0 Å². The molecule has 0 radical (unpaired) electrons. The summed E-state index contributed by atoms with van der Waals surface area (Å²) in [7, 11) is 0. The first-order valence-corrected chi connectivity index (χ1v) is 9.92. The van der Waals surface area contributed by atoms with Crippen LogP contribution in [0.15, 0.2) is 36.5 Å². The van der Waals surface area contributed by atoms with E-state index in [0.717, 1.165) is 35.7 Å². The van der Waals surface area contributed by atoms with Crippen LogP contribution in [0.25, 0.3) is 5.69 Å². The summed E-state index contributed by atoms with van der Waals surface area (Å²) in [5, 5.41) is 11.8. The molecule has 2 heterocycles. The van der Waals surface area contributed by atoms with Crippen molar-refractivity contribution in [2.24, 2.45) is 0 Å². The second-order valence-electron chi connectivity index (χ2n) is 7.09. The zero-order valence-electron chi connectivity index (χ0n) is 17.7. The summed E-state index contributed by atoms with van der Waals surface area (Å²) in [5.41, 5.74) is 4.97. The molecule has 0 unspecified atom stereocenters. The minimum absolute atomic E-state index is 0.244. The fourth-order valence-corrected chi connectivity index (χ4v) is 3.25. The molecule has 0 bridgehead atoms. The molecule has 7 heteroatoms. The number of hydrogen-bond acceptors (Lipinski definition) is 5. The second-order valence-corrected chi connectivity index (χ2v) is 7.09. The highest BCUT2D eigenvalue weighted by molar-refractivity contribution is 5.93. The van der Waals surface area contributed by atoms with Crippen molar-refractivity contribution < 1.29 is 4.79 Å². The lowest BCUT2D eigenvalue weighted by Gasteiger charge is -2.19. The Kier molecular flexibility index (Phi) is 6.26. The fraction of sp³-hybridized carbons (Fsp3) is 0.364. The van der Waals surface area contributed by atoms with Crippen molar-refractivity contribution >= 4 is 11.7 Å². The SMILES string of the molecule is CCN(CC)c1ccc(CNC(=O)c2nn(-c3ccc(C)cc3C)nc2C)cn1. The monoisotopic (exact) mass is 392 g/mol. The number of pyridine rings is 1. The second kappa shape index (κ2) is 8.86. The van der Waals surface area contributed by atoms with Crippen molar-refractivity contribution in [1.82, 2.24) is 25.3 Å². The van der Waals surface area contributed by atoms with E-state index in [1.807, 2.05) is 38.1 Å². The molecule has 152 valence electrons. The normalized spacial score (nSPS) is 10.8. The van der Waals surface area contributed by atoms with Crippen molar-refractivity contribution in [2.75, 3.05) is 18.0 Å². The lowest BCUT2D eigenvalue weighted by Crippen LogP contribution is -2.25. The van der Waals surface area contributed by atoms with Crippen LogP contribution in [0.4, 0.5) is 5.82 Å². The van der Waals surface area contributed by atoms with E-state index in [0.29, 0.717) is 17.9 Å².